The zero-order valence-corrected chi connectivity index (χ0v) is 28.3. The second-order valence-electron chi connectivity index (χ2n) is 13.6. The number of fused-ring (bicyclic) bond motifs is 7. The lowest BCUT2D eigenvalue weighted by molar-refractivity contribution is 0.348. The van der Waals surface area contributed by atoms with Gasteiger partial charge in [0.15, 0.2) is 11.5 Å². The molecule has 252 valence electrons. The molecule has 0 unspecified atom stereocenters. The van der Waals surface area contributed by atoms with Crippen LogP contribution in [0.15, 0.2) is 152 Å². The van der Waals surface area contributed by atoms with Gasteiger partial charge in [-0.15, -0.1) is 0 Å². The van der Waals surface area contributed by atoms with Crippen molar-refractivity contribution < 1.29 is 20.4 Å². The number of rotatable bonds is 3. The van der Waals surface area contributed by atoms with Gasteiger partial charge in [0.05, 0.1) is 11.3 Å². The Balaban J connectivity index is 1.26. The number of hydrogen-bond acceptors (Lipinski definition) is 5. The Labute approximate surface area is 303 Å². The molecule has 0 aromatic heterocycles. The molecule has 0 spiro atoms. The van der Waals surface area contributed by atoms with Gasteiger partial charge in [-0.3, -0.25) is 0 Å². The molecule has 0 aliphatic heterocycles. The number of nitrogens with two attached hydrogens (primary N) is 1. The van der Waals surface area contributed by atoms with Crippen molar-refractivity contribution in [3.8, 4) is 56.4 Å². The van der Waals surface area contributed by atoms with Crippen LogP contribution in [0.2, 0.25) is 0 Å². The Bertz CT molecular complexity index is 3100. The fourth-order valence-electron chi connectivity index (χ4n) is 8.44. The van der Waals surface area contributed by atoms with Gasteiger partial charge in [-0.2, -0.15) is 0 Å². The first kappa shape index (κ1) is 30.6. The molecule has 0 fully saturated rings. The molecule has 0 aliphatic rings. The minimum Gasteiger partial charge on any atom is -0.504 e. The summed E-state index contributed by atoms with van der Waals surface area (Å²) in [5, 5.41) is 55.6. The summed E-state index contributed by atoms with van der Waals surface area (Å²) < 4.78 is 0. The third-order valence-corrected chi connectivity index (χ3v) is 10.8. The minimum atomic E-state index is -0.867. The Morgan fingerprint density at radius 3 is 1.36 bits per heavy atom. The third kappa shape index (κ3) is 4.38. The standard InChI is InChI=1S/C48H31NO4/c49-44-43(45(50)47(52)48(53)46(44)51)42-38-14-5-3-12-36(38)41(37-13-4-6-15-39(37)42)35-21-9-18-30-29(16-7-19-32(30)35)31-17-8-20-33-34(31)23-22-28-24-26-10-1-2-11-27(26)25-40(28)33/h1-25,50-53H,49H2. The van der Waals surface area contributed by atoms with E-state index in [1.54, 1.807) is 0 Å². The highest BCUT2D eigenvalue weighted by Gasteiger charge is 2.27. The lowest BCUT2D eigenvalue weighted by Crippen LogP contribution is -1.96. The van der Waals surface area contributed by atoms with Crippen molar-refractivity contribution in [1.29, 1.82) is 0 Å². The minimum absolute atomic E-state index is 0.0495. The molecule has 10 rings (SSSR count). The van der Waals surface area contributed by atoms with Gasteiger partial charge in [-0.1, -0.05) is 140 Å². The first-order valence-corrected chi connectivity index (χ1v) is 17.5. The third-order valence-electron chi connectivity index (χ3n) is 10.8. The summed E-state index contributed by atoms with van der Waals surface area (Å²) in [5.41, 5.74) is 11.1. The molecular formula is C48H31NO4. The number of nitrogen functional groups attached to an aromatic ring is 1. The normalized spacial score (nSPS) is 11.8. The molecule has 10 aromatic rings. The second-order valence-corrected chi connectivity index (χ2v) is 13.6. The maximum atomic E-state index is 11.2. The Hall–Kier alpha value is -7.24. The summed E-state index contributed by atoms with van der Waals surface area (Å²) in [5.74, 6) is -3.00. The quantitative estimate of drug-likeness (QED) is 0.0418. The number of phenols is 4. The number of benzene rings is 10. The summed E-state index contributed by atoms with van der Waals surface area (Å²) >= 11 is 0. The smallest absolute Gasteiger partial charge is 0.206 e. The first-order valence-electron chi connectivity index (χ1n) is 17.5. The molecular weight excluding hydrogens is 655 g/mol. The van der Waals surface area contributed by atoms with Crippen LogP contribution in [0.25, 0.3) is 98.0 Å². The molecule has 0 aliphatic carbocycles. The van der Waals surface area contributed by atoms with Crippen molar-refractivity contribution >= 4 is 70.3 Å². The number of hydrogen-bond donors (Lipinski definition) is 5. The van der Waals surface area contributed by atoms with E-state index < -0.39 is 23.0 Å². The maximum Gasteiger partial charge on any atom is 0.206 e. The van der Waals surface area contributed by atoms with Crippen LogP contribution in [-0.4, -0.2) is 20.4 Å². The van der Waals surface area contributed by atoms with E-state index in [9.17, 15) is 20.4 Å². The molecule has 6 N–H and O–H groups in total. The summed E-state index contributed by atoms with van der Waals surface area (Å²) in [7, 11) is 0. The molecule has 5 nitrogen and oxygen atoms in total. The van der Waals surface area contributed by atoms with Crippen LogP contribution in [0.4, 0.5) is 5.69 Å². The van der Waals surface area contributed by atoms with Crippen LogP contribution in [0.1, 0.15) is 0 Å². The predicted molar refractivity (Wildman–Crippen MR) is 219 cm³/mol. The van der Waals surface area contributed by atoms with Gasteiger partial charge in [-0.25, -0.2) is 0 Å². The average molecular weight is 686 g/mol. The van der Waals surface area contributed by atoms with E-state index in [2.05, 4.69) is 103 Å². The molecule has 0 radical (unpaired) electrons. The topological polar surface area (TPSA) is 107 Å². The Kier molecular flexibility index (Phi) is 6.57. The van der Waals surface area contributed by atoms with Crippen molar-refractivity contribution in [3.63, 3.8) is 0 Å². The Morgan fingerprint density at radius 1 is 0.283 bits per heavy atom. The number of anilines is 1. The average Bonchev–Trinajstić information content (AvgIpc) is 3.20. The lowest BCUT2D eigenvalue weighted by Gasteiger charge is -2.21. The zero-order chi connectivity index (χ0) is 36.0. The van der Waals surface area contributed by atoms with Gasteiger partial charge < -0.3 is 26.2 Å². The predicted octanol–water partition coefficient (Wildman–Crippen LogP) is 12.0. The first-order chi connectivity index (χ1) is 25.9. The van der Waals surface area contributed by atoms with Gasteiger partial charge >= 0.3 is 0 Å². The van der Waals surface area contributed by atoms with E-state index in [0.717, 1.165) is 54.6 Å². The van der Waals surface area contributed by atoms with Gasteiger partial charge in [0.1, 0.15) is 0 Å². The molecule has 0 saturated carbocycles. The highest BCUT2D eigenvalue weighted by molar-refractivity contribution is 6.26. The highest BCUT2D eigenvalue weighted by atomic mass is 16.3. The van der Waals surface area contributed by atoms with E-state index in [-0.39, 0.29) is 11.3 Å². The van der Waals surface area contributed by atoms with E-state index in [0.29, 0.717) is 5.56 Å². The van der Waals surface area contributed by atoms with Crippen molar-refractivity contribution in [2.45, 2.75) is 0 Å². The van der Waals surface area contributed by atoms with Crippen molar-refractivity contribution in [3.05, 3.63) is 152 Å². The van der Waals surface area contributed by atoms with Crippen LogP contribution in [-0.2, 0) is 0 Å². The summed E-state index contributed by atoms with van der Waals surface area (Å²) in [4.78, 5) is 0. The molecule has 0 bridgehead atoms. The lowest BCUT2D eigenvalue weighted by atomic mass is 9.83. The van der Waals surface area contributed by atoms with Crippen LogP contribution in [0.5, 0.6) is 23.0 Å². The zero-order valence-electron chi connectivity index (χ0n) is 28.3. The fraction of sp³-hybridized carbons (Fsp3) is 0. The van der Waals surface area contributed by atoms with Crippen LogP contribution in [0.3, 0.4) is 0 Å². The van der Waals surface area contributed by atoms with E-state index in [4.69, 9.17) is 5.73 Å². The molecule has 0 amide bonds. The molecule has 0 heterocycles. The maximum absolute atomic E-state index is 11.2. The van der Waals surface area contributed by atoms with Crippen molar-refractivity contribution in [2.75, 3.05) is 5.73 Å². The van der Waals surface area contributed by atoms with Crippen LogP contribution < -0.4 is 5.73 Å². The SMILES string of the molecule is Nc1c(O)c(O)c(O)c(O)c1-c1c2ccccc2c(-c2cccc3c(-c4cccc5c4ccc4cc6ccccc6cc45)cccc23)c2ccccc12. The fourth-order valence-corrected chi connectivity index (χ4v) is 8.44. The molecule has 10 aromatic carbocycles. The summed E-state index contributed by atoms with van der Waals surface area (Å²) in [6.45, 7) is 0. The largest absolute Gasteiger partial charge is 0.504 e. The van der Waals surface area contributed by atoms with Gasteiger partial charge in [-0.05, 0) is 99.0 Å². The van der Waals surface area contributed by atoms with Gasteiger partial charge in [0, 0.05) is 5.56 Å². The van der Waals surface area contributed by atoms with E-state index in [1.807, 2.05) is 48.5 Å². The monoisotopic (exact) mass is 685 g/mol. The van der Waals surface area contributed by atoms with Crippen LogP contribution >= 0.6 is 0 Å². The van der Waals surface area contributed by atoms with Crippen LogP contribution in [0, 0.1) is 0 Å². The van der Waals surface area contributed by atoms with Crippen molar-refractivity contribution in [1.82, 2.24) is 0 Å². The molecule has 53 heavy (non-hydrogen) atoms. The number of phenolic OH excluding ortho intramolecular Hbond substituents is 4. The molecule has 0 atom stereocenters. The molecule has 5 heteroatoms. The van der Waals surface area contributed by atoms with E-state index >= 15 is 0 Å². The van der Waals surface area contributed by atoms with E-state index in [1.165, 1.54) is 32.3 Å². The van der Waals surface area contributed by atoms with Gasteiger partial charge in [0.2, 0.25) is 11.5 Å². The second kappa shape index (κ2) is 11.4. The Morgan fingerprint density at radius 2 is 0.736 bits per heavy atom. The van der Waals surface area contributed by atoms with Crippen molar-refractivity contribution in [2.24, 2.45) is 0 Å². The van der Waals surface area contributed by atoms with Gasteiger partial charge in [0.25, 0.3) is 0 Å². The highest BCUT2D eigenvalue weighted by Crippen LogP contribution is 2.56. The molecule has 0 saturated heterocycles. The number of aromatic hydroxyl groups is 4. The summed E-state index contributed by atoms with van der Waals surface area (Å²) in [6, 6.07) is 52.7. The summed E-state index contributed by atoms with van der Waals surface area (Å²) in [6.07, 6.45) is 0.